The van der Waals surface area contributed by atoms with Crippen LogP contribution in [0.15, 0.2) is 39.9 Å². The van der Waals surface area contributed by atoms with Crippen LogP contribution >= 0.6 is 0 Å². The highest BCUT2D eigenvalue weighted by molar-refractivity contribution is 5.41. The van der Waals surface area contributed by atoms with E-state index >= 15 is 0 Å². The van der Waals surface area contributed by atoms with E-state index in [0.717, 1.165) is 54.2 Å². The molecule has 0 aliphatic heterocycles. The molecule has 0 saturated heterocycles. The molecule has 0 unspecified atom stereocenters. The molecule has 7 nitrogen and oxygen atoms in total. The van der Waals surface area contributed by atoms with Crippen molar-refractivity contribution in [2.75, 3.05) is 32.0 Å². The van der Waals surface area contributed by atoms with Crippen LogP contribution in [-0.2, 0) is 20.5 Å². The fourth-order valence-corrected chi connectivity index (χ4v) is 3.01. The second-order valence-corrected chi connectivity index (χ2v) is 6.74. The first-order chi connectivity index (χ1) is 12.9. The quantitative estimate of drug-likeness (QED) is 0.636. The molecule has 7 heteroatoms. The summed E-state index contributed by atoms with van der Waals surface area (Å²) in [7, 11) is 3.21. The topological polar surface area (TPSA) is 82.5 Å². The Morgan fingerprint density at radius 3 is 2.41 bits per heavy atom. The average molecular weight is 374 g/mol. The van der Waals surface area contributed by atoms with Gasteiger partial charge in [0.2, 0.25) is 0 Å². The van der Waals surface area contributed by atoms with Crippen LogP contribution in [0.25, 0.3) is 0 Å². The Hall–Kier alpha value is -2.54. The van der Waals surface area contributed by atoms with E-state index in [1.165, 1.54) is 7.05 Å². The van der Waals surface area contributed by atoms with Gasteiger partial charge >= 0.3 is 5.69 Å². The minimum atomic E-state index is -0.278. The lowest BCUT2D eigenvalue weighted by molar-refractivity contribution is 0.207. The van der Waals surface area contributed by atoms with Gasteiger partial charge < -0.3 is 15.0 Å². The summed E-state index contributed by atoms with van der Waals surface area (Å²) in [6, 6.07) is 8.95. The van der Waals surface area contributed by atoms with E-state index in [0.29, 0.717) is 13.0 Å². The fourth-order valence-electron chi connectivity index (χ4n) is 3.01. The third-order valence-corrected chi connectivity index (χ3v) is 4.63. The normalized spacial score (nSPS) is 11.1. The molecule has 2 aromatic rings. The summed E-state index contributed by atoms with van der Waals surface area (Å²) < 4.78 is 8.46. The lowest BCUT2D eigenvalue weighted by Gasteiger charge is -2.22. The van der Waals surface area contributed by atoms with Gasteiger partial charge in [0.15, 0.2) is 0 Å². The molecule has 2 N–H and O–H groups in total. The molecule has 148 valence electrons. The van der Waals surface area contributed by atoms with E-state index in [1.807, 2.05) is 24.3 Å². The van der Waals surface area contributed by atoms with Gasteiger partial charge in [-0.1, -0.05) is 6.92 Å². The van der Waals surface area contributed by atoms with Crippen LogP contribution in [0.5, 0.6) is 5.75 Å². The maximum atomic E-state index is 12.0. The van der Waals surface area contributed by atoms with Crippen LogP contribution in [-0.4, -0.2) is 40.3 Å². The number of nitrogens with two attached hydrogens (primary N) is 1. The Morgan fingerprint density at radius 2 is 1.74 bits per heavy atom. The van der Waals surface area contributed by atoms with Crippen molar-refractivity contribution in [3.8, 4) is 5.75 Å². The number of rotatable bonds is 10. The molecule has 0 aliphatic rings. The van der Waals surface area contributed by atoms with Crippen LogP contribution < -0.4 is 21.7 Å². The smallest absolute Gasteiger partial charge is 0.330 e. The van der Waals surface area contributed by atoms with Crippen LogP contribution in [0.4, 0.5) is 5.69 Å². The second kappa shape index (κ2) is 9.97. The Balaban J connectivity index is 1.84. The minimum Gasteiger partial charge on any atom is -0.492 e. The lowest BCUT2D eigenvalue weighted by Crippen LogP contribution is -2.38. The van der Waals surface area contributed by atoms with E-state index in [2.05, 4.69) is 11.8 Å². The Morgan fingerprint density at radius 1 is 1.04 bits per heavy atom. The Kier molecular flexibility index (Phi) is 7.67. The van der Waals surface area contributed by atoms with Crippen molar-refractivity contribution in [3.05, 3.63) is 56.9 Å². The number of aryl methyl sites for hydroxylation is 1. The van der Waals surface area contributed by atoms with Gasteiger partial charge in [0.1, 0.15) is 12.4 Å². The highest BCUT2D eigenvalue weighted by Crippen LogP contribution is 2.13. The van der Waals surface area contributed by atoms with Crippen LogP contribution in [0.3, 0.4) is 0 Å². The molecule has 0 spiro atoms. The van der Waals surface area contributed by atoms with Crippen molar-refractivity contribution in [1.29, 1.82) is 0 Å². The third-order valence-electron chi connectivity index (χ3n) is 4.63. The monoisotopic (exact) mass is 374 g/mol. The van der Waals surface area contributed by atoms with E-state index in [9.17, 15) is 9.59 Å². The summed E-state index contributed by atoms with van der Waals surface area (Å²) in [6.07, 6.45) is 2.63. The van der Waals surface area contributed by atoms with Crippen LogP contribution in [0.1, 0.15) is 25.5 Å². The zero-order valence-corrected chi connectivity index (χ0v) is 16.5. The number of benzene rings is 1. The first-order valence-electron chi connectivity index (χ1n) is 9.39. The molecule has 0 aliphatic carbocycles. The summed E-state index contributed by atoms with van der Waals surface area (Å²) in [5.74, 6) is 0.816. The third kappa shape index (κ3) is 5.99. The van der Waals surface area contributed by atoms with Gasteiger partial charge in [-0.2, -0.15) is 0 Å². The average Bonchev–Trinajstić information content (AvgIpc) is 2.65. The first kappa shape index (κ1) is 20.8. The second-order valence-electron chi connectivity index (χ2n) is 6.74. The zero-order chi connectivity index (χ0) is 19.8. The molecule has 0 bridgehead atoms. The van der Waals surface area contributed by atoms with Gasteiger partial charge in [-0.05, 0) is 56.6 Å². The predicted molar refractivity (Wildman–Crippen MR) is 108 cm³/mol. The number of aromatic nitrogens is 2. The van der Waals surface area contributed by atoms with Gasteiger partial charge in [-0.25, -0.2) is 4.79 Å². The summed E-state index contributed by atoms with van der Waals surface area (Å²) in [6.45, 7) is 5.46. The van der Waals surface area contributed by atoms with Gasteiger partial charge in [-0.3, -0.25) is 14.3 Å². The maximum absolute atomic E-state index is 12.0. The van der Waals surface area contributed by atoms with Crippen molar-refractivity contribution < 1.29 is 4.74 Å². The lowest BCUT2D eigenvalue weighted by atomic mass is 10.2. The SMILES string of the molecule is CCCN(CCCc1cc(=O)n(C)c(=O)n1C)CCOc1ccc(N)cc1. The predicted octanol–water partition coefficient (Wildman–Crippen LogP) is 1.39. The molecule has 0 saturated carbocycles. The number of nitrogens with zero attached hydrogens (tertiary/aromatic N) is 3. The maximum Gasteiger partial charge on any atom is 0.330 e. The zero-order valence-electron chi connectivity index (χ0n) is 16.5. The summed E-state index contributed by atoms with van der Waals surface area (Å²) in [5, 5.41) is 0. The molecule has 0 fully saturated rings. The van der Waals surface area contributed by atoms with Gasteiger partial charge in [0.05, 0.1) is 0 Å². The van der Waals surface area contributed by atoms with Crippen LogP contribution in [0.2, 0.25) is 0 Å². The highest BCUT2D eigenvalue weighted by Gasteiger charge is 2.08. The largest absolute Gasteiger partial charge is 0.492 e. The fraction of sp³-hybridized carbons (Fsp3) is 0.500. The van der Waals surface area contributed by atoms with E-state index in [1.54, 1.807) is 17.7 Å². The highest BCUT2D eigenvalue weighted by atomic mass is 16.5. The molecule has 1 heterocycles. The molecule has 2 rings (SSSR count). The number of hydrogen-bond donors (Lipinski definition) is 1. The van der Waals surface area contributed by atoms with Gasteiger partial charge in [0, 0.05) is 38.1 Å². The van der Waals surface area contributed by atoms with Crippen molar-refractivity contribution in [2.45, 2.75) is 26.2 Å². The molecule has 0 atom stereocenters. The summed E-state index contributed by atoms with van der Waals surface area (Å²) in [4.78, 5) is 26.2. The molecule has 1 aromatic heterocycles. The molecule has 0 amide bonds. The Bertz CT molecular complexity index is 840. The van der Waals surface area contributed by atoms with Crippen molar-refractivity contribution >= 4 is 5.69 Å². The molecular weight excluding hydrogens is 344 g/mol. The molecule has 27 heavy (non-hydrogen) atoms. The number of anilines is 1. The number of hydrogen-bond acceptors (Lipinski definition) is 5. The molecule has 0 radical (unpaired) electrons. The standard InChI is InChI=1S/C20H30N4O3/c1-4-11-24(13-14-27-18-9-7-16(21)8-10-18)12-5-6-17-15-19(25)23(3)20(26)22(17)2/h7-10,15H,4-6,11-14,21H2,1-3H3. The summed E-state index contributed by atoms with van der Waals surface area (Å²) >= 11 is 0. The van der Waals surface area contributed by atoms with Gasteiger partial charge in [0.25, 0.3) is 5.56 Å². The molecular formula is C20H30N4O3. The first-order valence-corrected chi connectivity index (χ1v) is 9.39. The summed E-state index contributed by atoms with van der Waals surface area (Å²) in [5.41, 5.74) is 6.64. The minimum absolute atomic E-state index is 0.254. The molecule has 1 aromatic carbocycles. The number of nitrogen functional groups attached to an aromatic ring is 1. The van der Waals surface area contributed by atoms with Crippen LogP contribution in [0, 0.1) is 0 Å². The number of ether oxygens (including phenoxy) is 1. The Labute approximate surface area is 160 Å². The van der Waals surface area contributed by atoms with E-state index < -0.39 is 0 Å². The van der Waals surface area contributed by atoms with Gasteiger partial charge in [-0.15, -0.1) is 0 Å². The van der Waals surface area contributed by atoms with Crippen molar-refractivity contribution in [1.82, 2.24) is 14.0 Å². The van der Waals surface area contributed by atoms with E-state index in [4.69, 9.17) is 10.5 Å². The van der Waals surface area contributed by atoms with E-state index in [-0.39, 0.29) is 11.2 Å². The van der Waals surface area contributed by atoms with Crippen molar-refractivity contribution in [3.63, 3.8) is 0 Å². The van der Waals surface area contributed by atoms with Crippen molar-refractivity contribution in [2.24, 2.45) is 14.1 Å².